The molecule has 94 valence electrons. The first-order valence-corrected chi connectivity index (χ1v) is 6.21. The number of rotatable bonds is 5. The summed E-state index contributed by atoms with van der Waals surface area (Å²) in [6.07, 6.45) is 0.891. The Bertz CT molecular complexity index is 412. The molecule has 0 radical (unpaired) electrons. The lowest BCUT2D eigenvalue weighted by Crippen LogP contribution is -2.37. The lowest BCUT2D eigenvalue weighted by molar-refractivity contribution is -0.138. The van der Waals surface area contributed by atoms with Crippen molar-refractivity contribution in [2.24, 2.45) is 0 Å². The molecule has 0 N–H and O–H groups in total. The maximum absolute atomic E-state index is 12.1. The van der Waals surface area contributed by atoms with Gasteiger partial charge >= 0.3 is 0 Å². The maximum atomic E-state index is 12.1. The SMILES string of the molecule is CCC(C)(OC)C(=O)Cc1ccc(Cl)cc1Cl. The van der Waals surface area contributed by atoms with Crippen molar-refractivity contribution in [2.75, 3.05) is 7.11 Å². The second-order valence-electron chi connectivity index (χ2n) is 4.12. The zero-order chi connectivity index (χ0) is 13.1. The van der Waals surface area contributed by atoms with E-state index in [0.717, 1.165) is 5.56 Å². The Morgan fingerprint density at radius 3 is 2.53 bits per heavy atom. The van der Waals surface area contributed by atoms with Gasteiger partial charge in [-0.1, -0.05) is 36.2 Å². The Labute approximate surface area is 112 Å². The van der Waals surface area contributed by atoms with Crippen molar-refractivity contribution in [3.05, 3.63) is 33.8 Å². The third-order valence-electron chi connectivity index (χ3n) is 3.08. The minimum Gasteiger partial charge on any atom is -0.371 e. The molecule has 0 saturated carbocycles. The summed E-state index contributed by atoms with van der Waals surface area (Å²) in [5.41, 5.74) is 0.0287. The summed E-state index contributed by atoms with van der Waals surface area (Å²) < 4.78 is 5.27. The van der Waals surface area contributed by atoms with Crippen molar-refractivity contribution >= 4 is 29.0 Å². The van der Waals surface area contributed by atoms with E-state index in [-0.39, 0.29) is 12.2 Å². The molecular formula is C13H16Cl2O2. The summed E-state index contributed by atoms with van der Waals surface area (Å²) in [7, 11) is 1.55. The van der Waals surface area contributed by atoms with Crippen molar-refractivity contribution in [3.63, 3.8) is 0 Å². The molecule has 1 rings (SSSR count). The number of halogens is 2. The van der Waals surface area contributed by atoms with Crippen LogP contribution in [0, 0.1) is 0 Å². The monoisotopic (exact) mass is 274 g/mol. The fraction of sp³-hybridized carbons (Fsp3) is 0.462. The van der Waals surface area contributed by atoms with Gasteiger partial charge in [-0.3, -0.25) is 4.79 Å². The first kappa shape index (κ1) is 14.5. The van der Waals surface area contributed by atoms with Crippen LogP contribution in [0.1, 0.15) is 25.8 Å². The number of ketones is 1. The van der Waals surface area contributed by atoms with E-state index in [1.807, 2.05) is 6.92 Å². The molecule has 1 atom stereocenters. The molecule has 0 aromatic heterocycles. The van der Waals surface area contributed by atoms with Gasteiger partial charge in [0.15, 0.2) is 5.78 Å². The highest BCUT2D eigenvalue weighted by Gasteiger charge is 2.30. The highest BCUT2D eigenvalue weighted by Crippen LogP contribution is 2.24. The second kappa shape index (κ2) is 5.85. The molecule has 4 heteroatoms. The Balaban J connectivity index is 2.88. The van der Waals surface area contributed by atoms with Crippen molar-refractivity contribution in [1.82, 2.24) is 0 Å². The molecule has 2 nitrogen and oxygen atoms in total. The number of carbonyl (C=O) groups excluding carboxylic acids is 1. The highest BCUT2D eigenvalue weighted by atomic mass is 35.5. The Morgan fingerprint density at radius 1 is 1.41 bits per heavy atom. The van der Waals surface area contributed by atoms with Gasteiger partial charge in [0, 0.05) is 23.6 Å². The van der Waals surface area contributed by atoms with Crippen LogP contribution in [-0.4, -0.2) is 18.5 Å². The minimum atomic E-state index is -0.747. The summed E-state index contributed by atoms with van der Waals surface area (Å²) in [6.45, 7) is 3.71. The molecule has 0 aliphatic rings. The van der Waals surface area contributed by atoms with E-state index in [4.69, 9.17) is 27.9 Å². The lowest BCUT2D eigenvalue weighted by atomic mass is 9.92. The summed E-state index contributed by atoms with van der Waals surface area (Å²) in [4.78, 5) is 12.1. The number of ether oxygens (including phenoxy) is 1. The van der Waals surface area contributed by atoms with Gasteiger partial charge in [0.25, 0.3) is 0 Å². The normalized spacial score (nSPS) is 14.4. The molecule has 1 aromatic rings. The molecule has 0 spiro atoms. The molecule has 0 heterocycles. The molecule has 0 saturated heterocycles. The van der Waals surface area contributed by atoms with Gasteiger partial charge in [-0.2, -0.15) is 0 Å². The zero-order valence-electron chi connectivity index (χ0n) is 10.2. The Hall–Kier alpha value is -0.570. The van der Waals surface area contributed by atoms with Crippen LogP contribution in [0.25, 0.3) is 0 Å². The topological polar surface area (TPSA) is 26.3 Å². The molecule has 0 amide bonds. The van der Waals surface area contributed by atoms with E-state index in [2.05, 4.69) is 0 Å². The van der Waals surface area contributed by atoms with Crippen LogP contribution in [0.3, 0.4) is 0 Å². The van der Waals surface area contributed by atoms with E-state index < -0.39 is 5.60 Å². The fourth-order valence-corrected chi connectivity index (χ4v) is 1.96. The van der Waals surface area contributed by atoms with Crippen LogP contribution in [0.15, 0.2) is 18.2 Å². The van der Waals surface area contributed by atoms with Crippen LogP contribution in [-0.2, 0) is 16.0 Å². The molecule has 0 bridgehead atoms. The standard InChI is InChI=1S/C13H16Cl2O2/c1-4-13(2,17-3)12(16)7-9-5-6-10(14)8-11(9)15/h5-6,8H,4,7H2,1-3H3. The molecule has 0 aliphatic heterocycles. The van der Waals surface area contributed by atoms with E-state index in [1.165, 1.54) is 0 Å². The molecular weight excluding hydrogens is 259 g/mol. The Kier molecular flexibility index (Phi) is 4.99. The number of carbonyl (C=O) groups is 1. The number of hydrogen-bond donors (Lipinski definition) is 0. The van der Waals surface area contributed by atoms with Gasteiger partial charge in [0.2, 0.25) is 0 Å². The van der Waals surface area contributed by atoms with Gasteiger partial charge in [-0.25, -0.2) is 0 Å². The quantitative estimate of drug-likeness (QED) is 0.814. The summed E-state index contributed by atoms with van der Waals surface area (Å²) >= 11 is 11.8. The third kappa shape index (κ3) is 3.44. The molecule has 1 unspecified atom stereocenters. The van der Waals surface area contributed by atoms with Crippen molar-refractivity contribution in [3.8, 4) is 0 Å². The van der Waals surface area contributed by atoms with Gasteiger partial charge in [0.1, 0.15) is 5.60 Å². The van der Waals surface area contributed by atoms with Crippen LogP contribution in [0.5, 0.6) is 0 Å². The molecule has 17 heavy (non-hydrogen) atoms. The van der Waals surface area contributed by atoms with Crippen LogP contribution in [0.4, 0.5) is 0 Å². The number of methoxy groups -OCH3 is 1. The van der Waals surface area contributed by atoms with Gasteiger partial charge in [-0.05, 0) is 31.0 Å². The second-order valence-corrected chi connectivity index (χ2v) is 4.97. The predicted octanol–water partition coefficient (Wildman–Crippen LogP) is 3.92. The maximum Gasteiger partial charge on any atom is 0.168 e. The van der Waals surface area contributed by atoms with E-state index in [0.29, 0.717) is 16.5 Å². The average molecular weight is 275 g/mol. The Morgan fingerprint density at radius 2 is 2.06 bits per heavy atom. The number of hydrogen-bond acceptors (Lipinski definition) is 2. The lowest BCUT2D eigenvalue weighted by Gasteiger charge is -2.25. The van der Waals surface area contributed by atoms with Crippen molar-refractivity contribution in [1.29, 1.82) is 0 Å². The van der Waals surface area contributed by atoms with Crippen LogP contribution < -0.4 is 0 Å². The smallest absolute Gasteiger partial charge is 0.168 e. The molecule has 1 aromatic carbocycles. The average Bonchev–Trinajstić information content (AvgIpc) is 2.31. The van der Waals surface area contributed by atoms with Gasteiger partial charge in [-0.15, -0.1) is 0 Å². The van der Waals surface area contributed by atoms with E-state index >= 15 is 0 Å². The largest absolute Gasteiger partial charge is 0.371 e. The van der Waals surface area contributed by atoms with Crippen LogP contribution in [0.2, 0.25) is 10.0 Å². The highest BCUT2D eigenvalue weighted by molar-refractivity contribution is 6.35. The summed E-state index contributed by atoms with van der Waals surface area (Å²) in [5.74, 6) is 0.0201. The van der Waals surface area contributed by atoms with E-state index in [9.17, 15) is 4.79 Å². The minimum absolute atomic E-state index is 0.0201. The van der Waals surface area contributed by atoms with Crippen molar-refractivity contribution in [2.45, 2.75) is 32.3 Å². The van der Waals surface area contributed by atoms with Crippen molar-refractivity contribution < 1.29 is 9.53 Å². The summed E-state index contributed by atoms with van der Waals surface area (Å²) in [5, 5.41) is 1.08. The van der Waals surface area contributed by atoms with Crippen LogP contribution >= 0.6 is 23.2 Å². The van der Waals surface area contributed by atoms with E-state index in [1.54, 1.807) is 32.2 Å². The number of benzene rings is 1. The number of Topliss-reactive ketones (excluding diaryl/α,β-unsaturated/α-hetero) is 1. The molecule has 0 fully saturated rings. The summed E-state index contributed by atoms with van der Waals surface area (Å²) in [6, 6.07) is 5.14. The van der Waals surface area contributed by atoms with Gasteiger partial charge < -0.3 is 4.74 Å². The fourth-order valence-electron chi connectivity index (χ4n) is 1.48. The first-order chi connectivity index (χ1) is 7.92. The van der Waals surface area contributed by atoms with Gasteiger partial charge in [0.05, 0.1) is 0 Å². The third-order valence-corrected chi connectivity index (χ3v) is 3.67. The first-order valence-electron chi connectivity index (χ1n) is 5.45. The zero-order valence-corrected chi connectivity index (χ0v) is 11.7. The predicted molar refractivity (Wildman–Crippen MR) is 70.9 cm³/mol. The molecule has 0 aliphatic carbocycles.